The highest BCUT2D eigenvalue weighted by atomic mass is 19.4. The first kappa shape index (κ1) is 15.6. The molecule has 0 N–H and O–H groups in total. The zero-order valence-corrected chi connectivity index (χ0v) is 9.52. The summed E-state index contributed by atoms with van der Waals surface area (Å²) in [7, 11) is 0. The van der Waals surface area contributed by atoms with Crippen molar-refractivity contribution in [2.75, 3.05) is 0 Å². The molecular formula is C11H9F7O. The molecule has 2 unspecified atom stereocenters. The zero-order valence-electron chi connectivity index (χ0n) is 9.52. The molecule has 0 saturated heterocycles. The predicted octanol–water partition coefficient (Wildman–Crippen LogP) is 4.33. The van der Waals surface area contributed by atoms with Crippen molar-refractivity contribution in [3.63, 3.8) is 0 Å². The lowest BCUT2D eigenvalue weighted by molar-refractivity contribution is -0.263. The van der Waals surface area contributed by atoms with E-state index in [1.54, 1.807) is 0 Å². The SMILES string of the molecule is CC(C(Oc1cccc(F)c1)C(F)(F)F)C(F)(F)F. The van der Waals surface area contributed by atoms with E-state index in [0.29, 0.717) is 13.0 Å². The maximum absolute atomic E-state index is 12.8. The Kier molecular flexibility index (Phi) is 4.32. The Morgan fingerprint density at radius 1 is 1.00 bits per heavy atom. The second-order valence-corrected chi connectivity index (χ2v) is 3.87. The van der Waals surface area contributed by atoms with Crippen LogP contribution in [0.1, 0.15) is 6.92 Å². The first-order valence-corrected chi connectivity index (χ1v) is 5.07. The van der Waals surface area contributed by atoms with Crippen LogP contribution in [0.4, 0.5) is 30.7 Å². The highest BCUT2D eigenvalue weighted by Gasteiger charge is 2.54. The van der Waals surface area contributed by atoms with Gasteiger partial charge in [-0.1, -0.05) is 6.07 Å². The molecule has 1 aromatic rings. The fraction of sp³-hybridized carbons (Fsp3) is 0.455. The summed E-state index contributed by atoms with van der Waals surface area (Å²) in [6.45, 7) is 0.359. The maximum atomic E-state index is 12.8. The minimum atomic E-state index is -5.22. The molecule has 0 heterocycles. The van der Waals surface area contributed by atoms with E-state index in [4.69, 9.17) is 0 Å². The van der Waals surface area contributed by atoms with Gasteiger partial charge in [0.2, 0.25) is 6.10 Å². The molecule has 2 atom stereocenters. The maximum Gasteiger partial charge on any atom is 0.426 e. The van der Waals surface area contributed by atoms with E-state index in [1.165, 1.54) is 0 Å². The number of halogens is 7. The largest absolute Gasteiger partial charge is 0.480 e. The smallest absolute Gasteiger partial charge is 0.426 e. The molecule has 0 spiro atoms. The van der Waals surface area contributed by atoms with Gasteiger partial charge in [-0.3, -0.25) is 0 Å². The number of alkyl halides is 6. The van der Waals surface area contributed by atoms with Gasteiger partial charge in [-0.2, -0.15) is 26.3 Å². The summed E-state index contributed by atoms with van der Waals surface area (Å²) in [5.41, 5.74) is 0. The van der Waals surface area contributed by atoms with Crippen LogP contribution in [0.2, 0.25) is 0 Å². The van der Waals surface area contributed by atoms with Gasteiger partial charge in [-0.05, 0) is 19.1 Å². The van der Waals surface area contributed by atoms with Crippen LogP contribution in [0, 0.1) is 11.7 Å². The van der Waals surface area contributed by atoms with E-state index in [-0.39, 0.29) is 0 Å². The number of hydrogen-bond donors (Lipinski definition) is 0. The number of rotatable bonds is 3. The third kappa shape index (κ3) is 4.29. The van der Waals surface area contributed by atoms with Crippen molar-refractivity contribution in [2.24, 2.45) is 5.92 Å². The first-order chi connectivity index (χ1) is 8.51. The van der Waals surface area contributed by atoms with Crippen LogP contribution in [0.15, 0.2) is 24.3 Å². The number of benzene rings is 1. The third-order valence-electron chi connectivity index (χ3n) is 2.35. The summed E-state index contributed by atoms with van der Waals surface area (Å²) in [5.74, 6) is -4.28. The molecule has 8 heteroatoms. The van der Waals surface area contributed by atoms with Crippen molar-refractivity contribution in [3.05, 3.63) is 30.1 Å². The predicted molar refractivity (Wildman–Crippen MR) is 52.1 cm³/mol. The minimum Gasteiger partial charge on any atom is -0.480 e. The molecule has 0 bridgehead atoms. The van der Waals surface area contributed by atoms with Gasteiger partial charge in [-0.25, -0.2) is 4.39 Å². The summed E-state index contributed by atoms with van der Waals surface area (Å²) in [5, 5.41) is 0. The molecule has 0 aromatic heterocycles. The van der Waals surface area contributed by atoms with Gasteiger partial charge in [0.1, 0.15) is 11.6 Å². The Bertz CT molecular complexity index is 424. The number of hydrogen-bond acceptors (Lipinski definition) is 1. The summed E-state index contributed by atoms with van der Waals surface area (Å²) >= 11 is 0. The standard InChI is InChI=1S/C11H9F7O/c1-6(10(13,14)15)9(11(16,17)18)19-8-4-2-3-7(12)5-8/h2-6,9H,1H3. The Balaban J connectivity index is 3.00. The van der Waals surface area contributed by atoms with Crippen LogP contribution >= 0.6 is 0 Å². The van der Waals surface area contributed by atoms with Crippen LogP contribution in [-0.2, 0) is 0 Å². The van der Waals surface area contributed by atoms with Crippen molar-refractivity contribution in [1.82, 2.24) is 0 Å². The van der Waals surface area contributed by atoms with E-state index in [1.807, 2.05) is 0 Å². The lowest BCUT2D eigenvalue weighted by Gasteiger charge is -2.28. The molecule has 0 saturated carbocycles. The molecule has 1 nitrogen and oxygen atoms in total. The van der Waals surface area contributed by atoms with Crippen molar-refractivity contribution < 1.29 is 35.5 Å². The normalized spacial score (nSPS) is 16.0. The Morgan fingerprint density at radius 3 is 2.00 bits per heavy atom. The van der Waals surface area contributed by atoms with Crippen molar-refractivity contribution in [1.29, 1.82) is 0 Å². The summed E-state index contributed by atoms with van der Waals surface area (Å²) in [6.07, 6.45) is -13.4. The molecule has 1 aromatic carbocycles. The molecule has 0 amide bonds. The van der Waals surface area contributed by atoms with E-state index in [9.17, 15) is 30.7 Å². The average Bonchev–Trinajstić information content (AvgIpc) is 2.22. The quantitative estimate of drug-likeness (QED) is 0.753. The van der Waals surface area contributed by atoms with Crippen LogP contribution < -0.4 is 4.74 Å². The molecule has 19 heavy (non-hydrogen) atoms. The van der Waals surface area contributed by atoms with Gasteiger partial charge in [0.05, 0.1) is 5.92 Å². The molecule has 108 valence electrons. The Hall–Kier alpha value is -1.47. The van der Waals surface area contributed by atoms with Crippen molar-refractivity contribution in [2.45, 2.75) is 25.4 Å². The second-order valence-electron chi connectivity index (χ2n) is 3.87. The summed E-state index contributed by atoms with van der Waals surface area (Å²) in [6, 6.07) is 3.51. The topological polar surface area (TPSA) is 9.23 Å². The fourth-order valence-corrected chi connectivity index (χ4v) is 1.31. The molecule has 0 aliphatic heterocycles. The van der Waals surface area contributed by atoms with Crippen LogP contribution in [0.3, 0.4) is 0 Å². The van der Waals surface area contributed by atoms with Gasteiger partial charge in [0, 0.05) is 6.07 Å². The van der Waals surface area contributed by atoms with E-state index < -0.39 is 35.9 Å². The van der Waals surface area contributed by atoms with Gasteiger partial charge in [-0.15, -0.1) is 0 Å². The van der Waals surface area contributed by atoms with Crippen LogP contribution in [-0.4, -0.2) is 18.5 Å². The Labute approximate surface area is 104 Å². The van der Waals surface area contributed by atoms with Crippen molar-refractivity contribution in [3.8, 4) is 5.75 Å². The Morgan fingerprint density at radius 2 is 1.58 bits per heavy atom. The molecule has 0 aliphatic rings. The van der Waals surface area contributed by atoms with Gasteiger partial charge >= 0.3 is 12.4 Å². The van der Waals surface area contributed by atoms with Gasteiger partial charge in [0.25, 0.3) is 0 Å². The molecular weight excluding hydrogens is 281 g/mol. The van der Waals surface area contributed by atoms with Gasteiger partial charge < -0.3 is 4.74 Å². The average molecular weight is 290 g/mol. The second kappa shape index (κ2) is 5.26. The van der Waals surface area contributed by atoms with E-state index in [0.717, 1.165) is 18.2 Å². The highest BCUT2D eigenvalue weighted by Crippen LogP contribution is 2.38. The van der Waals surface area contributed by atoms with Gasteiger partial charge in [0.15, 0.2) is 0 Å². The number of ether oxygens (including phenoxy) is 1. The monoisotopic (exact) mass is 290 g/mol. The fourth-order valence-electron chi connectivity index (χ4n) is 1.31. The van der Waals surface area contributed by atoms with Crippen LogP contribution in [0.25, 0.3) is 0 Å². The minimum absolute atomic E-state index is 0.359. The van der Waals surface area contributed by atoms with E-state index >= 15 is 0 Å². The summed E-state index contributed by atoms with van der Waals surface area (Å²) < 4.78 is 91.8. The van der Waals surface area contributed by atoms with Crippen molar-refractivity contribution >= 4 is 0 Å². The first-order valence-electron chi connectivity index (χ1n) is 5.07. The lowest BCUT2D eigenvalue weighted by Crippen LogP contribution is -2.45. The summed E-state index contributed by atoms with van der Waals surface area (Å²) in [4.78, 5) is 0. The molecule has 0 fully saturated rings. The molecule has 0 aliphatic carbocycles. The third-order valence-corrected chi connectivity index (χ3v) is 2.35. The molecule has 0 radical (unpaired) electrons. The highest BCUT2D eigenvalue weighted by molar-refractivity contribution is 5.23. The van der Waals surface area contributed by atoms with Crippen LogP contribution in [0.5, 0.6) is 5.75 Å². The molecule has 1 rings (SSSR count). The van der Waals surface area contributed by atoms with E-state index in [2.05, 4.69) is 4.74 Å². The zero-order chi connectivity index (χ0) is 14.8. The lowest BCUT2D eigenvalue weighted by atomic mass is 10.0.